The molecule has 5 heteroatoms. The van der Waals surface area contributed by atoms with Crippen molar-refractivity contribution in [2.24, 2.45) is 0 Å². The zero-order chi connectivity index (χ0) is 20.2. The summed E-state index contributed by atoms with van der Waals surface area (Å²) in [5.74, 6) is -2.05. The molecular formula is C22H40O5. The van der Waals surface area contributed by atoms with Gasteiger partial charge in [0, 0.05) is 0 Å². The number of ether oxygens (including phenoxy) is 1. The van der Waals surface area contributed by atoms with Gasteiger partial charge in [-0.05, 0) is 32.1 Å². The van der Waals surface area contributed by atoms with E-state index < -0.39 is 24.5 Å². The first-order valence-corrected chi connectivity index (χ1v) is 10.8. The molecule has 0 aliphatic rings. The van der Waals surface area contributed by atoms with Crippen molar-refractivity contribution in [1.29, 1.82) is 0 Å². The van der Waals surface area contributed by atoms with Crippen molar-refractivity contribution in [1.82, 2.24) is 0 Å². The summed E-state index contributed by atoms with van der Waals surface area (Å²) in [6.45, 7) is 2.50. The average Bonchev–Trinajstić information content (AvgIpc) is 2.63. The van der Waals surface area contributed by atoms with E-state index in [4.69, 9.17) is 9.84 Å². The van der Waals surface area contributed by atoms with Gasteiger partial charge in [0.05, 0.1) is 13.0 Å². The Morgan fingerprint density at radius 3 is 1.81 bits per heavy atom. The van der Waals surface area contributed by atoms with E-state index >= 15 is 0 Å². The smallest absolute Gasteiger partial charge is 0.335 e. The summed E-state index contributed by atoms with van der Waals surface area (Å²) in [5.41, 5.74) is 0. The quantitative estimate of drug-likeness (QED) is 0.177. The maximum absolute atomic E-state index is 11.3. The third-order valence-corrected chi connectivity index (χ3v) is 4.54. The van der Waals surface area contributed by atoms with E-state index in [0.717, 1.165) is 25.7 Å². The number of carboxylic acid groups (broad SMARTS) is 1. The Morgan fingerprint density at radius 2 is 1.30 bits per heavy atom. The molecule has 0 rings (SSSR count). The summed E-state index contributed by atoms with van der Waals surface area (Å²) in [6.07, 6.45) is 19.4. The molecule has 0 aromatic carbocycles. The molecule has 0 heterocycles. The van der Waals surface area contributed by atoms with Gasteiger partial charge in [0.2, 0.25) is 0 Å². The Morgan fingerprint density at radius 1 is 0.815 bits per heavy atom. The molecule has 0 aromatic rings. The van der Waals surface area contributed by atoms with E-state index in [1.165, 1.54) is 64.2 Å². The van der Waals surface area contributed by atoms with E-state index in [1.54, 1.807) is 0 Å². The molecule has 0 aliphatic heterocycles. The standard InChI is InChI=1S/C22H40O5/c1-2-3-4-5-6-7-8-9-10-11-12-13-14-15-16-17-18-27-22(26)20(23)19-21(24)25/h9-10,20,23H,2-8,11-19H2,1H3,(H,24,25). The Bertz CT molecular complexity index is 392. The van der Waals surface area contributed by atoms with E-state index in [2.05, 4.69) is 19.1 Å². The summed E-state index contributed by atoms with van der Waals surface area (Å²) < 4.78 is 4.86. The first-order valence-electron chi connectivity index (χ1n) is 10.8. The highest BCUT2D eigenvalue weighted by molar-refractivity contribution is 5.80. The molecule has 0 bridgehead atoms. The molecule has 0 radical (unpaired) electrons. The zero-order valence-electron chi connectivity index (χ0n) is 17.2. The van der Waals surface area contributed by atoms with Crippen LogP contribution in [0.5, 0.6) is 0 Å². The lowest BCUT2D eigenvalue weighted by atomic mass is 10.1. The third kappa shape index (κ3) is 19.2. The largest absolute Gasteiger partial charge is 0.481 e. The van der Waals surface area contributed by atoms with Crippen LogP contribution in [-0.4, -0.2) is 34.9 Å². The number of hydrogen-bond acceptors (Lipinski definition) is 4. The number of carbonyl (C=O) groups is 2. The first-order chi connectivity index (χ1) is 13.1. The van der Waals surface area contributed by atoms with Crippen LogP contribution in [0.3, 0.4) is 0 Å². The van der Waals surface area contributed by atoms with Crippen molar-refractivity contribution in [2.45, 2.75) is 109 Å². The van der Waals surface area contributed by atoms with Crippen LogP contribution in [-0.2, 0) is 14.3 Å². The van der Waals surface area contributed by atoms with Crippen molar-refractivity contribution in [3.05, 3.63) is 12.2 Å². The number of aliphatic carboxylic acids is 1. The number of esters is 1. The minimum Gasteiger partial charge on any atom is -0.481 e. The summed E-state index contributed by atoms with van der Waals surface area (Å²) in [7, 11) is 0. The molecule has 0 fully saturated rings. The molecule has 1 unspecified atom stereocenters. The number of rotatable bonds is 19. The molecule has 27 heavy (non-hydrogen) atoms. The highest BCUT2D eigenvalue weighted by Crippen LogP contribution is 2.10. The number of aliphatic hydroxyl groups is 1. The SMILES string of the molecule is CCCCCCCCC=CCCCCCCCCOC(=O)C(O)CC(=O)O. The van der Waals surface area contributed by atoms with E-state index in [1.807, 2.05) is 0 Å². The number of hydrogen-bond donors (Lipinski definition) is 2. The minimum atomic E-state index is -1.56. The predicted octanol–water partition coefficient (Wildman–Crippen LogP) is 5.40. The van der Waals surface area contributed by atoms with E-state index in [-0.39, 0.29) is 6.61 Å². The molecule has 0 spiro atoms. The van der Waals surface area contributed by atoms with Gasteiger partial charge in [-0.25, -0.2) is 4.79 Å². The summed E-state index contributed by atoms with van der Waals surface area (Å²) in [6, 6.07) is 0. The fourth-order valence-electron chi connectivity index (χ4n) is 2.87. The molecule has 0 aliphatic carbocycles. The van der Waals surface area contributed by atoms with E-state index in [9.17, 15) is 14.7 Å². The fourth-order valence-corrected chi connectivity index (χ4v) is 2.87. The second kappa shape index (κ2) is 19.4. The highest BCUT2D eigenvalue weighted by Gasteiger charge is 2.19. The lowest BCUT2D eigenvalue weighted by molar-refractivity contribution is -0.158. The number of aliphatic hydroxyl groups excluding tert-OH is 1. The molecule has 158 valence electrons. The van der Waals surface area contributed by atoms with Gasteiger partial charge in [0.15, 0.2) is 6.10 Å². The lowest BCUT2D eigenvalue weighted by Crippen LogP contribution is -2.26. The van der Waals surface area contributed by atoms with Gasteiger partial charge in [0.1, 0.15) is 0 Å². The predicted molar refractivity (Wildman–Crippen MR) is 109 cm³/mol. The van der Waals surface area contributed by atoms with Gasteiger partial charge >= 0.3 is 11.9 Å². The van der Waals surface area contributed by atoms with Crippen LogP contribution in [0.15, 0.2) is 12.2 Å². The van der Waals surface area contributed by atoms with Gasteiger partial charge in [-0.15, -0.1) is 0 Å². The second-order valence-electron chi connectivity index (χ2n) is 7.22. The van der Waals surface area contributed by atoms with Crippen LogP contribution >= 0.6 is 0 Å². The van der Waals surface area contributed by atoms with Gasteiger partial charge in [-0.1, -0.05) is 76.9 Å². The number of carbonyl (C=O) groups excluding carboxylic acids is 1. The summed E-state index contributed by atoms with van der Waals surface area (Å²) in [4.78, 5) is 21.7. The summed E-state index contributed by atoms with van der Waals surface area (Å²) >= 11 is 0. The van der Waals surface area contributed by atoms with Gasteiger partial charge in [-0.3, -0.25) is 4.79 Å². The maximum atomic E-state index is 11.3. The van der Waals surface area contributed by atoms with E-state index in [0.29, 0.717) is 0 Å². The normalized spacial score (nSPS) is 12.4. The second-order valence-corrected chi connectivity index (χ2v) is 7.22. The van der Waals surface area contributed by atoms with Gasteiger partial charge in [0.25, 0.3) is 0 Å². The molecule has 0 saturated heterocycles. The Hall–Kier alpha value is -1.36. The van der Waals surface area contributed by atoms with Crippen molar-refractivity contribution in [2.75, 3.05) is 6.61 Å². The van der Waals surface area contributed by atoms with Gasteiger partial charge < -0.3 is 14.9 Å². The topological polar surface area (TPSA) is 83.8 Å². The van der Waals surface area contributed by atoms with Crippen LogP contribution in [0.4, 0.5) is 0 Å². The molecule has 0 aromatic heterocycles. The van der Waals surface area contributed by atoms with Crippen LogP contribution in [0, 0.1) is 0 Å². The molecule has 0 amide bonds. The highest BCUT2D eigenvalue weighted by atomic mass is 16.5. The van der Waals surface area contributed by atoms with Crippen molar-refractivity contribution < 1.29 is 24.5 Å². The van der Waals surface area contributed by atoms with Crippen LogP contribution in [0.1, 0.15) is 103 Å². The molecular weight excluding hydrogens is 344 g/mol. The molecule has 2 N–H and O–H groups in total. The zero-order valence-corrected chi connectivity index (χ0v) is 17.2. The third-order valence-electron chi connectivity index (χ3n) is 4.54. The minimum absolute atomic E-state index is 0.247. The number of carboxylic acids is 1. The van der Waals surface area contributed by atoms with Crippen molar-refractivity contribution in [3.8, 4) is 0 Å². The number of allylic oxidation sites excluding steroid dienone is 2. The van der Waals surface area contributed by atoms with Crippen molar-refractivity contribution in [3.63, 3.8) is 0 Å². The average molecular weight is 385 g/mol. The van der Waals surface area contributed by atoms with Gasteiger partial charge in [-0.2, -0.15) is 0 Å². The summed E-state index contributed by atoms with van der Waals surface area (Å²) in [5, 5.41) is 17.7. The Balaban J connectivity index is 3.28. The molecule has 5 nitrogen and oxygen atoms in total. The first kappa shape index (κ1) is 25.6. The molecule has 0 saturated carbocycles. The fraction of sp³-hybridized carbons (Fsp3) is 0.818. The molecule has 1 atom stereocenters. The van der Waals surface area contributed by atoms with Crippen LogP contribution in [0.25, 0.3) is 0 Å². The maximum Gasteiger partial charge on any atom is 0.335 e. The number of unbranched alkanes of at least 4 members (excludes halogenated alkanes) is 12. The van der Waals surface area contributed by atoms with Crippen LogP contribution in [0.2, 0.25) is 0 Å². The Kier molecular flexibility index (Phi) is 18.4. The lowest BCUT2D eigenvalue weighted by Gasteiger charge is -2.08. The monoisotopic (exact) mass is 384 g/mol. The van der Waals surface area contributed by atoms with Crippen LogP contribution < -0.4 is 0 Å². The Labute approximate surface area is 165 Å². The van der Waals surface area contributed by atoms with Crippen molar-refractivity contribution >= 4 is 11.9 Å².